The lowest BCUT2D eigenvalue weighted by atomic mass is 10.1. The topological polar surface area (TPSA) is 136 Å². The average molecular weight is 512 g/mol. The monoisotopic (exact) mass is 511 g/mol. The molecule has 2 aliphatic rings. The van der Waals surface area contributed by atoms with Gasteiger partial charge in [0.15, 0.2) is 0 Å². The number of aldehydes is 1. The molecule has 0 bridgehead atoms. The van der Waals surface area contributed by atoms with Gasteiger partial charge in [-0.05, 0) is 38.0 Å². The minimum Gasteiger partial charge on any atom is -0.344 e. The van der Waals surface area contributed by atoms with Crippen molar-refractivity contribution in [3.63, 3.8) is 0 Å². The number of urea groups is 1. The number of ketones is 1. The molecular formula is C21H23Cl2N5O6. The summed E-state index contributed by atoms with van der Waals surface area (Å²) in [6.45, 7) is 1.38. The summed E-state index contributed by atoms with van der Waals surface area (Å²) in [5, 5.41) is 6.03. The van der Waals surface area contributed by atoms with E-state index in [0.29, 0.717) is 12.7 Å². The molecule has 2 heterocycles. The molecule has 34 heavy (non-hydrogen) atoms. The Hall–Kier alpha value is -3.18. The fraction of sp³-hybridized carbons (Fsp3) is 0.429. The maximum Gasteiger partial charge on any atom is 0.358 e. The van der Waals surface area contributed by atoms with Crippen molar-refractivity contribution in [3.05, 3.63) is 33.8 Å². The molecule has 0 radical (unpaired) electrons. The number of rotatable bonds is 7. The standard InChI is InChI=1S/C21H23Cl2N5O6/c1-12(30)7-16(11-29)24-20(33)17-3-2-5-27-18(31)4-6-26(21(34)28(17)27)25-19(32)13-8-14(22)10-15(23)9-13/h8-11,16-17H,2-7H2,1H3,(H,24,33)(H,25,32)/t16-,17-/m0/s1. The van der Waals surface area contributed by atoms with Gasteiger partial charge in [-0.3, -0.25) is 24.6 Å². The van der Waals surface area contributed by atoms with Gasteiger partial charge in [0, 0.05) is 35.0 Å². The van der Waals surface area contributed by atoms with E-state index < -0.39 is 35.8 Å². The number of nitrogens with one attached hydrogen (secondary N) is 2. The van der Waals surface area contributed by atoms with Crippen LogP contribution < -0.4 is 10.7 Å². The fourth-order valence-electron chi connectivity index (χ4n) is 3.81. The molecule has 0 aromatic heterocycles. The predicted octanol–water partition coefficient (Wildman–Crippen LogP) is 1.33. The summed E-state index contributed by atoms with van der Waals surface area (Å²) >= 11 is 11.9. The van der Waals surface area contributed by atoms with E-state index in [9.17, 15) is 28.8 Å². The zero-order chi connectivity index (χ0) is 25.0. The quantitative estimate of drug-likeness (QED) is 0.530. The van der Waals surface area contributed by atoms with Crippen molar-refractivity contribution in [2.24, 2.45) is 0 Å². The van der Waals surface area contributed by atoms with Crippen LogP contribution in [-0.2, 0) is 19.2 Å². The van der Waals surface area contributed by atoms with Crippen molar-refractivity contribution < 1.29 is 28.8 Å². The third-order valence-electron chi connectivity index (χ3n) is 5.33. The van der Waals surface area contributed by atoms with E-state index >= 15 is 0 Å². The third kappa shape index (κ3) is 5.84. The number of fused-ring (bicyclic) bond motifs is 1. The molecule has 2 atom stereocenters. The molecule has 182 valence electrons. The largest absolute Gasteiger partial charge is 0.358 e. The second-order valence-electron chi connectivity index (χ2n) is 7.96. The number of hydrogen-bond donors (Lipinski definition) is 2. The van der Waals surface area contributed by atoms with E-state index in [-0.39, 0.29) is 53.7 Å². The highest BCUT2D eigenvalue weighted by molar-refractivity contribution is 6.35. The van der Waals surface area contributed by atoms with Crippen LogP contribution in [-0.4, -0.2) is 76.0 Å². The number of hydrazine groups is 2. The van der Waals surface area contributed by atoms with Crippen LogP contribution in [0.4, 0.5) is 4.79 Å². The Balaban J connectivity index is 1.82. The number of amides is 5. The molecule has 3 rings (SSSR count). The smallest absolute Gasteiger partial charge is 0.344 e. The summed E-state index contributed by atoms with van der Waals surface area (Å²) < 4.78 is 0. The van der Waals surface area contributed by atoms with Gasteiger partial charge in [0.05, 0.1) is 12.6 Å². The molecule has 1 aromatic rings. The molecule has 11 nitrogen and oxygen atoms in total. The highest BCUT2D eigenvalue weighted by Gasteiger charge is 2.44. The summed E-state index contributed by atoms with van der Waals surface area (Å²) in [5.41, 5.74) is 2.55. The van der Waals surface area contributed by atoms with E-state index in [0.717, 1.165) is 10.0 Å². The number of carbonyl (C=O) groups is 6. The molecule has 0 aliphatic carbocycles. The van der Waals surface area contributed by atoms with E-state index in [2.05, 4.69) is 10.7 Å². The number of hydrogen-bond acceptors (Lipinski definition) is 6. The summed E-state index contributed by atoms with van der Waals surface area (Å²) in [6.07, 6.45) is 0.827. The van der Waals surface area contributed by atoms with Crippen LogP contribution in [0.3, 0.4) is 0 Å². The maximum atomic E-state index is 13.4. The zero-order valence-electron chi connectivity index (χ0n) is 18.3. The van der Waals surface area contributed by atoms with Crippen LogP contribution in [0.5, 0.6) is 0 Å². The Labute approximate surface area is 205 Å². The molecule has 2 fully saturated rings. The van der Waals surface area contributed by atoms with Gasteiger partial charge in [-0.25, -0.2) is 19.8 Å². The zero-order valence-corrected chi connectivity index (χ0v) is 19.8. The van der Waals surface area contributed by atoms with Gasteiger partial charge in [0.25, 0.3) is 5.91 Å². The molecule has 5 amide bonds. The van der Waals surface area contributed by atoms with Gasteiger partial charge >= 0.3 is 6.03 Å². The lowest BCUT2D eigenvalue weighted by Crippen LogP contribution is -2.64. The van der Waals surface area contributed by atoms with Gasteiger partial charge in [-0.2, -0.15) is 0 Å². The van der Waals surface area contributed by atoms with Crippen LogP contribution in [0.2, 0.25) is 10.0 Å². The molecule has 0 saturated carbocycles. The summed E-state index contributed by atoms with van der Waals surface area (Å²) in [4.78, 5) is 74.4. The van der Waals surface area contributed by atoms with Crippen LogP contribution in [0.25, 0.3) is 0 Å². The van der Waals surface area contributed by atoms with E-state index in [1.165, 1.54) is 30.1 Å². The normalized spacial score (nSPS) is 19.1. The lowest BCUT2D eigenvalue weighted by Gasteiger charge is -2.43. The van der Waals surface area contributed by atoms with E-state index in [1.807, 2.05) is 0 Å². The molecular weight excluding hydrogens is 489 g/mol. The molecule has 2 N–H and O–H groups in total. The molecule has 2 aliphatic heterocycles. The van der Waals surface area contributed by atoms with E-state index in [1.54, 1.807) is 0 Å². The minimum atomic E-state index is -1.11. The van der Waals surface area contributed by atoms with Gasteiger partial charge in [0.2, 0.25) is 11.8 Å². The van der Waals surface area contributed by atoms with Crippen LogP contribution in [0, 0.1) is 0 Å². The second kappa shape index (κ2) is 10.8. The van der Waals surface area contributed by atoms with Gasteiger partial charge in [0.1, 0.15) is 18.1 Å². The second-order valence-corrected chi connectivity index (χ2v) is 8.83. The predicted molar refractivity (Wildman–Crippen MR) is 121 cm³/mol. The third-order valence-corrected chi connectivity index (χ3v) is 5.77. The maximum absolute atomic E-state index is 13.4. The van der Waals surface area contributed by atoms with Gasteiger partial charge < -0.3 is 10.1 Å². The Kier molecular flexibility index (Phi) is 8.11. The summed E-state index contributed by atoms with van der Waals surface area (Å²) in [6, 6.07) is 1.23. The highest BCUT2D eigenvalue weighted by atomic mass is 35.5. The van der Waals surface area contributed by atoms with Crippen LogP contribution in [0.1, 0.15) is 43.0 Å². The Morgan fingerprint density at radius 3 is 2.44 bits per heavy atom. The number of Topliss-reactive ketones (excluding diaryl/α,β-unsaturated/α-hetero) is 1. The Morgan fingerprint density at radius 2 is 1.82 bits per heavy atom. The average Bonchev–Trinajstić information content (AvgIpc) is 2.89. The highest BCUT2D eigenvalue weighted by Crippen LogP contribution is 2.24. The van der Waals surface area contributed by atoms with Crippen LogP contribution >= 0.6 is 23.2 Å². The molecule has 13 heteroatoms. The SMILES string of the molecule is CC(=O)C[C@@H](C=O)NC(=O)[C@@H]1CCCN2C(=O)CCN(NC(=O)c3cc(Cl)cc(Cl)c3)C(=O)N12. The summed E-state index contributed by atoms with van der Waals surface area (Å²) in [5.74, 6) is -2.05. The number of carbonyl (C=O) groups excluding carboxylic acids is 6. The minimum absolute atomic E-state index is 0.0888. The first kappa shape index (κ1) is 25.4. The molecule has 0 spiro atoms. The molecule has 0 unspecified atom stereocenters. The van der Waals surface area contributed by atoms with Crippen molar-refractivity contribution in [1.29, 1.82) is 0 Å². The number of benzene rings is 1. The van der Waals surface area contributed by atoms with Crippen LogP contribution in [0.15, 0.2) is 18.2 Å². The molecule has 2 saturated heterocycles. The van der Waals surface area contributed by atoms with Crippen molar-refractivity contribution in [3.8, 4) is 0 Å². The van der Waals surface area contributed by atoms with Crippen molar-refractivity contribution >= 4 is 59.0 Å². The number of halogens is 2. The Bertz CT molecular complexity index is 1010. The van der Waals surface area contributed by atoms with Crippen molar-refractivity contribution in [2.75, 3.05) is 13.1 Å². The first-order valence-corrected chi connectivity index (χ1v) is 11.3. The van der Waals surface area contributed by atoms with Crippen molar-refractivity contribution in [2.45, 2.75) is 44.7 Å². The molecule has 1 aromatic carbocycles. The van der Waals surface area contributed by atoms with Crippen molar-refractivity contribution in [1.82, 2.24) is 25.8 Å². The number of nitrogens with zero attached hydrogens (tertiary/aromatic N) is 3. The first-order valence-electron chi connectivity index (χ1n) is 10.5. The van der Waals surface area contributed by atoms with Gasteiger partial charge in [-0.1, -0.05) is 23.2 Å². The lowest BCUT2D eigenvalue weighted by molar-refractivity contribution is -0.155. The van der Waals surface area contributed by atoms with Gasteiger partial charge in [-0.15, -0.1) is 0 Å². The fourth-order valence-corrected chi connectivity index (χ4v) is 4.34. The Morgan fingerprint density at radius 1 is 1.15 bits per heavy atom. The summed E-state index contributed by atoms with van der Waals surface area (Å²) in [7, 11) is 0. The van der Waals surface area contributed by atoms with E-state index in [4.69, 9.17) is 23.2 Å². The first-order chi connectivity index (χ1) is 16.1.